The summed E-state index contributed by atoms with van der Waals surface area (Å²) in [5, 5.41) is 12.1. The Balaban J connectivity index is 1.65. The summed E-state index contributed by atoms with van der Waals surface area (Å²) in [7, 11) is 0. The van der Waals surface area contributed by atoms with Crippen molar-refractivity contribution in [2.75, 3.05) is 24.5 Å². The smallest absolute Gasteiger partial charge is 0.318 e. The number of aliphatic carboxylic acids is 1. The second-order valence-corrected chi connectivity index (χ2v) is 7.13. The number of amides is 3. The fourth-order valence-corrected chi connectivity index (χ4v) is 3.72. The first kappa shape index (κ1) is 18.2. The Morgan fingerprint density at radius 1 is 1.35 bits per heavy atom. The van der Waals surface area contributed by atoms with Crippen molar-refractivity contribution in [3.63, 3.8) is 0 Å². The van der Waals surface area contributed by atoms with Crippen LogP contribution in [0.2, 0.25) is 0 Å². The first-order valence-electron chi connectivity index (χ1n) is 8.95. The predicted octanol–water partition coefficient (Wildman–Crippen LogP) is 1.33. The van der Waals surface area contributed by atoms with Gasteiger partial charge in [0.1, 0.15) is 6.04 Å². The molecular weight excluding hydrogens is 336 g/mol. The number of nitrogens with zero attached hydrogens (tertiary/aromatic N) is 3. The number of hydrogen-bond acceptors (Lipinski definition) is 4. The molecule has 8 heteroatoms. The summed E-state index contributed by atoms with van der Waals surface area (Å²) in [6, 6.07) is 2.62. The maximum absolute atomic E-state index is 12.8. The maximum Gasteiger partial charge on any atom is 0.318 e. The van der Waals surface area contributed by atoms with Crippen LogP contribution in [0, 0.1) is 11.8 Å². The lowest BCUT2D eigenvalue weighted by atomic mass is 9.91. The molecule has 2 saturated heterocycles. The number of carboxylic acids is 1. The number of carbonyl (C=O) groups is 3. The summed E-state index contributed by atoms with van der Waals surface area (Å²) in [6.45, 7) is 3.21. The van der Waals surface area contributed by atoms with E-state index < -0.39 is 17.9 Å². The first-order valence-corrected chi connectivity index (χ1v) is 8.95. The molecule has 2 fully saturated rings. The van der Waals surface area contributed by atoms with Gasteiger partial charge in [0, 0.05) is 25.8 Å². The van der Waals surface area contributed by atoms with Gasteiger partial charge in [0.15, 0.2) is 0 Å². The van der Waals surface area contributed by atoms with Crippen LogP contribution in [0.15, 0.2) is 24.5 Å². The zero-order valence-corrected chi connectivity index (χ0v) is 14.8. The largest absolute Gasteiger partial charge is 0.481 e. The van der Waals surface area contributed by atoms with Crippen molar-refractivity contribution in [3.8, 4) is 0 Å². The summed E-state index contributed by atoms with van der Waals surface area (Å²) < 4.78 is 0. The van der Waals surface area contributed by atoms with Gasteiger partial charge in [-0.2, -0.15) is 0 Å². The monoisotopic (exact) mass is 360 g/mol. The number of likely N-dealkylation sites (tertiary alicyclic amines) is 1. The fraction of sp³-hybridized carbons (Fsp3) is 0.556. The lowest BCUT2D eigenvalue weighted by Gasteiger charge is -2.37. The van der Waals surface area contributed by atoms with Gasteiger partial charge in [0.25, 0.3) is 0 Å². The van der Waals surface area contributed by atoms with Gasteiger partial charge in [-0.1, -0.05) is 6.92 Å². The van der Waals surface area contributed by atoms with Crippen molar-refractivity contribution in [1.29, 1.82) is 0 Å². The third-order valence-electron chi connectivity index (χ3n) is 4.99. The number of hydrogen-bond donors (Lipinski definition) is 2. The number of rotatable bonds is 3. The van der Waals surface area contributed by atoms with Gasteiger partial charge in [-0.05, 0) is 37.3 Å². The van der Waals surface area contributed by atoms with Crippen LogP contribution < -0.4 is 10.2 Å². The average molecular weight is 360 g/mol. The van der Waals surface area contributed by atoms with Crippen LogP contribution in [0.3, 0.4) is 0 Å². The lowest BCUT2D eigenvalue weighted by Crippen LogP contribution is -2.57. The summed E-state index contributed by atoms with van der Waals surface area (Å²) >= 11 is 0. The molecule has 3 rings (SSSR count). The Bertz CT molecular complexity index is 681. The standard InChI is InChI=1S/C18H24N4O4/c1-12-8-13(17(24)25)11-21(10-12)18(26)20-15-5-3-7-22(16(15)23)14-4-2-6-19-9-14/h2,4,6,9,12-13,15H,3,5,7-8,10-11H2,1H3,(H,20,26)(H,24,25). The molecule has 0 bridgehead atoms. The quantitative estimate of drug-likeness (QED) is 0.846. The zero-order chi connectivity index (χ0) is 18.7. The molecule has 0 saturated carbocycles. The van der Waals surface area contributed by atoms with Gasteiger partial charge >= 0.3 is 12.0 Å². The molecule has 2 N–H and O–H groups in total. The van der Waals surface area contributed by atoms with Crippen molar-refractivity contribution in [3.05, 3.63) is 24.5 Å². The number of carbonyl (C=O) groups excluding carboxylic acids is 2. The summed E-state index contributed by atoms with van der Waals surface area (Å²) in [4.78, 5) is 43.8. The number of urea groups is 1. The molecular formula is C18H24N4O4. The topological polar surface area (TPSA) is 103 Å². The number of aromatic nitrogens is 1. The lowest BCUT2D eigenvalue weighted by molar-refractivity contribution is -0.143. The van der Waals surface area contributed by atoms with Crippen LogP contribution >= 0.6 is 0 Å². The molecule has 3 unspecified atom stereocenters. The third-order valence-corrected chi connectivity index (χ3v) is 4.99. The van der Waals surface area contributed by atoms with Crippen molar-refractivity contribution in [2.24, 2.45) is 11.8 Å². The van der Waals surface area contributed by atoms with Crippen molar-refractivity contribution in [1.82, 2.24) is 15.2 Å². The summed E-state index contributed by atoms with van der Waals surface area (Å²) in [5.41, 5.74) is 0.717. The highest BCUT2D eigenvalue weighted by Gasteiger charge is 2.35. The van der Waals surface area contributed by atoms with E-state index in [1.54, 1.807) is 23.4 Å². The molecule has 2 aliphatic rings. The molecule has 26 heavy (non-hydrogen) atoms. The fourth-order valence-electron chi connectivity index (χ4n) is 3.72. The molecule has 1 aromatic heterocycles. The predicted molar refractivity (Wildman–Crippen MR) is 94.6 cm³/mol. The molecule has 2 aliphatic heterocycles. The highest BCUT2D eigenvalue weighted by molar-refractivity contribution is 5.99. The van der Waals surface area contributed by atoms with E-state index in [0.29, 0.717) is 31.6 Å². The van der Waals surface area contributed by atoms with E-state index in [-0.39, 0.29) is 24.4 Å². The van der Waals surface area contributed by atoms with Crippen molar-refractivity contribution < 1.29 is 19.5 Å². The van der Waals surface area contributed by atoms with E-state index >= 15 is 0 Å². The normalized spacial score (nSPS) is 26.5. The Morgan fingerprint density at radius 2 is 2.15 bits per heavy atom. The van der Waals surface area contributed by atoms with Crippen LogP contribution in [-0.2, 0) is 9.59 Å². The van der Waals surface area contributed by atoms with Gasteiger partial charge in [0.05, 0.1) is 17.8 Å². The zero-order valence-electron chi connectivity index (χ0n) is 14.8. The molecule has 0 radical (unpaired) electrons. The summed E-state index contributed by atoms with van der Waals surface area (Å²) in [6.07, 6.45) is 5.20. The van der Waals surface area contributed by atoms with Crippen LogP contribution in [0.1, 0.15) is 26.2 Å². The minimum atomic E-state index is -0.883. The van der Waals surface area contributed by atoms with E-state index in [4.69, 9.17) is 0 Å². The van der Waals surface area contributed by atoms with Crippen LogP contribution in [0.25, 0.3) is 0 Å². The highest BCUT2D eigenvalue weighted by atomic mass is 16.4. The second-order valence-electron chi connectivity index (χ2n) is 7.13. The highest BCUT2D eigenvalue weighted by Crippen LogP contribution is 2.23. The van der Waals surface area contributed by atoms with Crippen LogP contribution in [0.5, 0.6) is 0 Å². The number of piperidine rings is 2. The minimum absolute atomic E-state index is 0.115. The Kier molecular flexibility index (Phi) is 5.39. The SMILES string of the molecule is CC1CC(C(=O)O)CN(C(=O)NC2CCCN(c3cccnc3)C2=O)C1. The molecule has 0 aliphatic carbocycles. The van der Waals surface area contributed by atoms with E-state index in [1.165, 1.54) is 4.90 Å². The van der Waals surface area contributed by atoms with Gasteiger partial charge in [-0.3, -0.25) is 14.6 Å². The summed E-state index contributed by atoms with van der Waals surface area (Å²) in [5.74, 6) is -1.48. The third kappa shape index (κ3) is 3.95. The molecule has 140 valence electrons. The second kappa shape index (κ2) is 7.72. The Hall–Kier alpha value is -2.64. The van der Waals surface area contributed by atoms with E-state index in [0.717, 1.165) is 6.42 Å². The first-order chi connectivity index (χ1) is 12.5. The van der Waals surface area contributed by atoms with E-state index in [9.17, 15) is 19.5 Å². The molecule has 3 atom stereocenters. The van der Waals surface area contributed by atoms with Crippen LogP contribution in [0.4, 0.5) is 10.5 Å². The minimum Gasteiger partial charge on any atom is -0.481 e. The Morgan fingerprint density at radius 3 is 2.85 bits per heavy atom. The number of pyridine rings is 1. The number of carboxylic acid groups (broad SMARTS) is 1. The molecule has 0 aromatic carbocycles. The van der Waals surface area contributed by atoms with Gasteiger partial charge in [0.2, 0.25) is 5.91 Å². The number of nitrogens with one attached hydrogen (secondary N) is 1. The van der Waals surface area contributed by atoms with E-state index in [2.05, 4.69) is 10.3 Å². The maximum atomic E-state index is 12.8. The van der Waals surface area contributed by atoms with Crippen molar-refractivity contribution >= 4 is 23.6 Å². The van der Waals surface area contributed by atoms with Crippen molar-refractivity contribution in [2.45, 2.75) is 32.2 Å². The molecule has 3 heterocycles. The van der Waals surface area contributed by atoms with Gasteiger partial charge in [-0.25, -0.2) is 4.79 Å². The van der Waals surface area contributed by atoms with Crippen LogP contribution in [-0.4, -0.2) is 58.6 Å². The van der Waals surface area contributed by atoms with Gasteiger partial charge < -0.3 is 20.2 Å². The average Bonchev–Trinajstić information content (AvgIpc) is 2.63. The molecule has 3 amide bonds. The molecule has 1 aromatic rings. The number of anilines is 1. The Labute approximate surface area is 152 Å². The molecule has 8 nitrogen and oxygen atoms in total. The van der Waals surface area contributed by atoms with Gasteiger partial charge in [-0.15, -0.1) is 0 Å². The van der Waals surface area contributed by atoms with E-state index in [1.807, 2.05) is 13.0 Å². The molecule has 0 spiro atoms.